The second kappa shape index (κ2) is 7.38. The van der Waals surface area contributed by atoms with Crippen LogP contribution in [-0.2, 0) is 4.74 Å². The van der Waals surface area contributed by atoms with Crippen LogP contribution >= 0.6 is 11.8 Å². The van der Waals surface area contributed by atoms with Crippen LogP contribution in [0.1, 0.15) is 56.8 Å². The molecule has 152 valence electrons. The number of benzene rings is 1. The van der Waals surface area contributed by atoms with E-state index >= 15 is 0 Å². The molecule has 28 heavy (non-hydrogen) atoms. The van der Waals surface area contributed by atoms with Gasteiger partial charge in [0.15, 0.2) is 0 Å². The molecule has 0 heterocycles. The van der Waals surface area contributed by atoms with E-state index < -0.39 is 11.7 Å². The molecule has 1 aromatic rings. The van der Waals surface area contributed by atoms with Crippen LogP contribution in [0.15, 0.2) is 30.3 Å². The van der Waals surface area contributed by atoms with Crippen molar-refractivity contribution < 1.29 is 19.4 Å². The lowest BCUT2D eigenvalue weighted by molar-refractivity contribution is -0.0422. The lowest BCUT2D eigenvalue weighted by Gasteiger charge is -2.48. The summed E-state index contributed by atoms with van der Waals surface area (Å²) < 4.78 is 5.65. The number of thioether (sulfide) groups is 1. The van der Waals surface area contributed by atoms with Crippen LogP contribution in [0.4, 0.5) is 4.79 Å². The van der Waals surface area contributed by atoms with Crippen molar-refractivity contribution in [2.24, 2.45) is 11.8 Å². The number of fused-ring (bicyclic) bond motifs is 1. The first-order valence-electron chi connectivity index (χ1n) is 10.2. The first-order valence-corrected chi connectivity index (χ1v) is 11.1. The van der Waals surface area contributed by atoms with Crippen molar-refractivity contribution >= 4 is 23.0 Å². The molecule has 1 N–H and O–H groups in total. The molecule has 1 aromatic carbocycles. The van der Waals surface area contributed by atoms with Crippen molar-refractivity contribution in [2.45, 2.75) is 75.5 Å². The fourth-order valence-corrected chi connectivity index (χ4v) is 5.77. The highest BCUT2D eigenvalue weighted by atomic mass is 32.2. The van der Waals surface area contributed by atoms with Crippen molar-refractivity contribution in [3.8, 4) is 0 Å². The third kappa shape index (κ3) is 3.94. The largest absolute Gasteiger partial charge is 0.444 e. The van der Waals surface area contributed by atoms with Gasteiger partial charge in [0.05, 0.1) is 6.10 Å². The number of nitrogens with zero attached hydrogens (tertiary/aromatic N) is 1. The van der Waals surface area contributed by atoms with E-state index in [1.54, 1.807) is 0 Å². The number of ether oxygens (including phenoxy) is 1. The van der Waals surface area contributed by atoms with Gasteiger partial charge in [0, 0.05) is 22.9 Å². The van der Waals surface area contributed by atoms with E-state index in [1.165, 1.54) is 11.8 Å². The van der Waals surface area contributed by atoms with E-state index in [1.807, 2.05) is 56.0 Å². The predicted molar refractivity (Wildman–Crippen MR) is 109 cm³/mol. The molecule has 4 rings (SSSR count). The van der Waals surface area contributed by atoms with Crippen molar-refractivity contribution in [1.82, 2.24) is 4.90 Å². The Kier molecular flexibility index (Phi) is 5.21. The third-order valence-corrected chi connectivity index (χ3v) is 7.28. The summed E-state index contributed by atoms with van der Waals surface area (Å²) in [6.45, 7) is 5.67. The summed E-state index contributed by atoms with van der Waals surface area (Å²) >= 11 is 1.25. The number of aliphatic hydroxyl groups excluding tert-OH is 1. The van der Waals surface area contributed by atoms with E-state index in [0.717, 1.165) is 25.7 Å². The molecule has 6 heteroatoms. The van der Waals surface area contributed by atoms with Gasteiger partial charge in [-0.1, -0.05) is 42.1 Å². The van der Waals surface area contributed by atoms with Gasteiger partial charge in [-0.3, -0.25) is 4.79 Å². The van der Waals surface area contributed by atoms with Gasteiger partial charge in [-0.15, -0.1) is 0 Å². The Labute approximate surface area is 170 Å². The maximum atomic E-state index is 12.8. The molecular weight excluding hydrogens is 374 g/mol. The Balaban J connectivity index is 1.41. The number of aliphatic hydroxyl groups is 1. The van der Waals surface area contributed by atoms with Gasteiger partial charge < -0.3 is 14.7 Å². The number of carbonyl (C=O) groups is 2. The van der Waals surface area contributed by atoms with Gasteiger partial charge in [-0.2, -0.15) is 0 Å². The highest BCUT2D eigenvalue weighted by Gasteiger charge is 2.58. The number of amides is 1. The molecule has 3 aliphatic carbocycles. The van der Waals surface area contributed by atoms with Crippen molar-refractivity contribution in [3.05, 3.63) is 35.9 Å². The zero-order valence-corrected chi connectivity index (χ0v) is 17.5. The zero-order chi connectivity index (χ0) is 20.1. The molecule has 3 saturated carbocycles. The first kappa shape index (κ1) is 19.8. The fraction of sp³-hybridized carbons (Fsp3) is 0.636. The summed E-state index contributed by atoms with van der Waals surface area (Å²) in [6.07, 6.45) is 2.91. The average molecular weight is 404 g/mol. The highest BCUT2D eigenvalue weighted by Crippen LogP contribution is 2.54. The van der Waals surface area contributed by atoms with Crippen molar-refractivity contribution in [1.29, 1.82) is 0 Å². The standard InChI is InChI=1S/C22H29NO4S/c1-22(2,3)27-21(26)23(14-9-10-14)17-11-16-15(17)12-18(19(16)24)28-20(25)13-7-5-4-6-8-13/h4-8,14-19,24H,9-12H2,1-3H3/t15-,16?,17+,18+,19+/m0/s1. The van der Waals surface area contributed by atoms with Crippen LogP contribution in [0.3, 0.4) is 0 Å². The summed E-state index contributed by atoms with van der Waals surface area (Å²) in [5, 5.41) is 10.6. The molecule has 0 spiro atoms. The first-order chi connectivity index (χ1) is 13.2. The topological polar surface area (TPSA) is 66.8 Å². The minimum atomic E-state index is -0.511. The number of carbonyl (C=O) groups excluding carboxylic acids is 2. The molecule has 0 aliphatic heterocycles. The lowest BCUT2D eigenvalue weighted by atomic mass is 9.70. The summed E-state index contributed by atoms with van der Waals surface area (Å²) in [5.41, 5.74) is 0.159. The molecule has 0 bridgehead atoms. The zero-order valence-electron chi connectivity index (χ0n) is 16.7. The number of rotatable bonds is 4. The maximum absolute atomic E-state index is 12.8. The van der Waals surface area contributed by atoms with Crippen LogP contribution in [0.2, 0.25) is 0 Å². The summed E-state index contributed by atoms with van der Waals surface area (Å²) in [5.74, 6) is 0.430. The molecule has 3 aliphatic rings. The quantitative estimate of drug-likeness (QED) is 0.820. The molecule has 0 aromatic heterocycles. The Morgan fingerprint density at radius 2 is 1.79 bits per heavy atom. The minimum Gasteiger partial charge on any atom is -0.444 e. The third-order valence-electron chi connectivity index (χ3n) is 6.05. The average Bonchev–Trinajstić information content (AvgIpc) is 3.41. The fourth-order valence-electron chi connectivity index (χ4n) is 4.57. The van der Waals surface area contributed by atoms with Gasteiger partial charge in [-0.25, -0.2) is 4.79 Å². The molecule has 1 unspecified atom stereocenters. The summed E-state index contributed by atoms with van der Waals surface area (Å²) in [4.78, 5) is 27.3. The second-order valence-corrected chi connectivity index (χ2v) is 10.5. The van der Waals surface area contributed by atoms with Crippen LogP contribution in [0, 0.1) is 11.8 Å². The summed E-state index contributed by atoms with van der Waals surface area (Å²) in [7, 11) is 0. The van der Waals surface area contributed by atoms with Gasteiger partial charge in [0.25, 0.3) is 0 Å². The van der Waals surface area contributed by atoms with E-state index in [0.29, 0.717) is 5.56 Å². The predicted octanol–water partition coefficient (Wildman–Crippen LogP) is 4.10. The van der Waals surface area contributed by atoms with Gasteiger partial charge >= 0.3 is 6.09 Å². The molecule has 5 atom stereocenters. The smallest absolute Gasteiger partial charge is 0.410 e. The van der Waals surface area contributed by atoms with Crippen molar-refractivity contribution in [3.63, 3.8) is 0 Å². The lowest BCUT2D eigenvalue weighted by Crippen LogP contribution is -2.56. The Morgan fingerprint density at radius 1 is 1.11 bits per heavy atom. The monoisotopic (exact) mass is 403 g/mol. The minimum absolute atomic E-state index is 0.00805. The Morgan fingerprint density at radius 3 is 2.39 bits per heavy atom. The Hall–Kier alpha value is -1.53. The van der Waals surface area contributed by atoms with E-state index in [4.69, 9.17) is 4.74 Å². The maximum Gasteiger partial charge on any atom is 0.410 e. The summed E-state index contributed by atoms with van der Waals surface area (Å²) in [6, 6.07) is 9.62. The molecular formula is C22H29NO4S. The number of hydrogen-bond donors (Lipinski definition) is 1. The number of hydrogen-bond acceptors (Lipinski definition) is 5. The highest BCUT2D eigenvalue weighted by molar-refractivity contribution is 8.14. The van der Waals surface area contributed by atoms with E-state index in [2.05, 4.69) is 0 Å². The van der Waals surface area contributed by atoms with Crippen molar-refractivity contribution in [2.75, 3.05) is 0 Å². The van der Waals surface area contributed by atoms with Gasteiger partial charge in [0.1, 0.15) is 5.60 Å². The van der Waals surface area contributed by atoms with Gasteiger partial charge in [-0.05, 0) is 58.3 Å². The van der Waals surface area contributed by atoms with Crippen LogP contribution in [0.5, 0.6) is 0 Å². The molecule has 0 saturated heterocycles. The van der Waals surface area contributed by atoms with Crippen LogP contribution < -0.4 is 0 Å². The van der Waals surface area contributed by atoms with E-state index in [-0.39, 0.29) is 40.4 Å². The molecule has 1 amide bonds. The Bertz CT molecular complexity index is 743. The van der Waals surface area contributed by atoms with Crippen LogP contribution in [-0.4, -0.2) is 50.3 Å². The normalized spacial score (nSPS) is 31.6. The second-order valence-electron chi connectivity index (χ2n) is 9.29. The van der Waals surface area contributed by atoms with Gasteiger partial charge in [0.2, 0.25) is 5.12 Å². The molecule has 3 fully saturated rings. The van der Waals surface area contributed by atoms with Crippen LogP contribution in [0.25, 0.3) is 0 Å². The molecule has 0 radical (unpaired) electrons. The molecule has 5 nitrogen and oxygen atoms in total. The SMILES string of the molecule is CC(C)(C)OC(=O)N(C1CC1)[C@@H]1CC2[C@@H](O)[C@H](SC(=O)c3ccccc3)C[C@@H]21. The van der Waals surface area contributed by atoms with E-state index in [9.17, 15) is 14.7 Å².